The van der Waals surface area contributed by atoms with Gasteiger partial charge in [0.15, 0.2) is 0 Å². The number of nitrogens with zero attached hydrogens (tertiary/aromatic N) is 1. The third-order valence-electron chi connectivity index (χ3n) is 4.27. The number of hydrogen-bond acceptors (Lipinski definition) is 3. The molecule has 3 aromatic rings. The molecule has 0 atom stereocenters. The molecule has 0 radical (unpaired) electrons. The second kappa shape index (κ2) is 8.21. The maximum absolute atomic E-state index is 11.3. The van der Waals surface area contributed by atoms with E-state index in [1.165, 1.54) is 5.56 Å². The third kappa shape index (κ3) is 4.42. The molecule has 4 heteroatoms. The van der Waals surface area contributed by atoms with Gasteiger partial charge in [0.05, 0.1) is 7.11 Å². The molecule has 0 aliphatic rings. The van der Waals surface area contributed by atoms with Crippen molar-refractivity contribution in [3.8, 4) is 5.75 Å². The van der Waals surface area contributed by atoms with Crippen molar-refractivity contribution in [3.05, 3.63) is 95.6 Å². The highest BCUT2D eigenvalue weighted by molar-refractivity contribution is 5.92. The second-order valence-corrected chi connectivity index (χ2v) is 6.10. The zero-order valence-electron chi connectivity index (χ0n) is 14.8. The molecule has 0 saturated carbocycles. The van der Waals surface area contributed by atoms with Crippen molar-refractivity contribution in [2.24, 2.45) is 5.73 Å². The largest absolute Gasteiger partial charge is 0.497 e. The molecule has 26 heavy (non-hydrogen) atoms. The summed E-state index contributed by atoms with van der Waals surface area (Å²) in [7, 11) is 1.66. The van der Waals surface area contributed by atoms with Crippen molar-refractivity contribution in [2.45, 2.75) is 13.1 Å². The van der Waals surface area contributed by atoms with E-state index in [0.717, 1.165) is 30.1 Å². The SMILES string of the molecule is COc1ccc(N(Cc2ccccc2)Cc2ccc(C(N)=O)cc2)cc1. The van der Waals surface area contributed by atoms with Crippen LogP contribution in [0.1, 0.15) is 21.5 Å². The number of methoxy groups -OCH3 is 1. The summed E-state index contributed by atoms with van der Waals surface area (Å²) in [5, 5.41) is 0. The van der Waals surface area contributed by atoms with E-state index in [2.05, 4.69) is 29.2 Å². The average molecular weight is 346 g/mol. The van der Waals surface area contributed by atoms with Gasteiger partial charge in [0, 0.05) is 24.3 Å². The Kier molecular flexibility index (Phi) is 5.54. The van der Waals surface area contributed by atoms with Crippen LogP contribution in [0.4, 0.5) is 5.69 Å². The van der Waals surface area contributed by atoms with Crippen molar-refractivity contribution >= 4 is 11.6 Å². The Bertz CT molecular complexity index is 844. The van der Waals surface area contributed by atoms with E-state index >= 15 is 0 Å². The smallest absolute Gasteiger partial charge is 0.248 e. The van der Waals surface area contributed by atoms with E-state index < -0.39 is 5.91 Å². The van der Waals surface area contributed by atoms with Crippen LogP contribution in [0.25, 0.3) is 0 Å². The molecule has 0 aliphatic carbocycles. The lowest BCUT2D eigenvalue weighted by Crippen LogP contribution is -2.22. The summed E-state index contributed by atoms with van der Waals surface area (Å²) in [5.74, 6) is 0.423. The average Bonchev–Trinajstić information content (AvgIpc) is 2.69. The van der Waals surface area contributed by atoms with Crippen LogP contribution >= 0.6 is 0 Å². The van der Waals surface area contributed by atoms with Gasteiger partial charge in [-0.05, 0) is 47.5 Å². The molecule has 0 bridgehead atoms. The van der Waals surface area contributed by atoms with Gasteiger partial charge >= 0.3 is 0 Å². The van der Waals surface area contributed by atoms with Gasteiger partial charge in [-0.15, -0.1) is 0 Å². The predicted octanol–water partition coefficient (Wildman–Crippen LogP) is 4.00. The number of carbonyl (C=O) groups excluding carboxylic acids is 1. The van der Waals surface area contributed by atoms with Crippen LogP contribution in [0, 0.1) is 0 Å². The van der Waals surface area contributed by atoms with Gasteiger partial charge in [0.2, 0.25) is 5.91 Å². The third-order valence-corrected chi connectivity index (χ3v) is 4.27. The summed E-state index contributed by atoms with van der Waals surface area (Å²) in [6.07, 6.45) is 0. The van der Waals surface area contributed by atoms with Gasteiger partial charge in [-0.3, -0.25) is 4.79 Å². The summed E-state index contributed by atoms with van der Waals surface area (Å²) in [4.78, 5) is 13.5. The molecule has 3 rings (SSSR count). The monoisotopic (exact) mass is 346 g/mol. The van der Waals surface area contributed by atoms with Crippen molar-refractivity contribution in [3.63, 3.8) is 0 Å². The number of benzene rings is 3. The van der Waals surface area contributed by atoms with Gasteiger partial charge in [-0.25, -0.2) is 0 Å². The molecule has 0 heterocycles. The van der Waals surface area contributed by atoms with Gasteiger partial charge in [0.1, 0.15) is 5.75 Å². The minimum absolute atomic E-state index is 0.409. The number of hydrogen-bond donors (Lipinski definition) is 1. The van der Waals surface area contributed by atoms with Crippen LogP contribution < -0.4 is 15.4 Å². The molecule has 2 N–H and O–H groups in total. The van der Waals surface area contributed by atoms with E-state index in [0.29, 0.717) is 5.56 Å². The minimum Gasteiger partial charge on any atom is -0.497 e. The van der Waals surface area contributed by atoms with Crippen molar-refractivity contribution < 1.29 is 9.53 Å². The van der Waals surface area contributed by atoms with E-state index in [4.69, 9.17) is 10.5 Å². The Balaban J connectivity index is 1.85. The molecule has 0 spiro atoms. The summed E-state index contributed by atoms with van der Waals surface area (Å²) >= 11 is 0. The van der Waals surface area contributed by atoms with Gasteiger partial charge in [-0.2, -0.15) is 0 Å². The molecule has 0 fully saturated rings. The summed E-state index contributed by atoms with van der Waals surface area (Å²) in [6, 6.07) is 25.8. The summed E-state index contributed by atoms with van der Waals surface area (Å²) < 4.78 is 5.26. The van der Waals surface area contributed by atoms with Crippen molar-refractivity contribution in [1.29, 1.82) is 0 Å². The van der Waals surface area contributed by atoms with Crippen LogP contribution in [0.3, 0.4) is 0 Å². The van der Waals surface area contributed by atoms with Crippen LogP contribution in [0.15, 0.2) is 78.9 Å². The molecule has 0 unspecified atom stereocenters. The van der Waals surface area contributed by atoms with Crippen molar-refractivity contribution in [1.82, 2.24) is 0 Å². The fourth-order valence-corrected chi connectivity index (χ4v) is 2.83. The number of nitrogens with two attached hydrogens (primary N) is 1. The van der Waals surface area contributed by atoms with Gasteiger partial charge in [-0.1, -0.05) is 42.5 Å². The number of carbonyl (C=O) groups is 1. The lowest BCUT2D eigenvalue weighted by molar-refractivity contribution is 0.100. The van der Waals surface area contributed by atoms with Crippen LogP contribution in [-0.2, 0) is 13.1 Å². The quantitative estimate of drug-likeness (QED) is 0.703. The second-order valence-electron chi connectivity index (χ2n) is 6.10. The first-order chi connectivity index (χ1) is 12.7. The first-order valence-corrected chi connectivity index (χ1v) is 8.47. The highest BCUT2D eigenvalue weighted by atomic mass is 16.5. The molecule has 3 aromatic carbocycles. The Morgan fingerprint density at radius 3 is 1.96 bits per heavy atom. The first-order valence-electron chi connectivity index (χ1n) is 8.47. The molecule has 132 valence electrons. The number of ether oxygens (including phenoxy) is 1. The number of anilines is 1. The first kappa shape index (κ1) is 17.5. The fraction of sp³-hybridized carbons (Fsp3) is 0.136. The zero-order valence-corrected chi connectivity index (χ0v) is 14.8. The lowest BCUT2D eigenvalue weighted by atomic mass is 10.1. The Morgan fingerprint density at radius 2 is 1.42 bits per heavy atom. The molecule has 0 aliphatic heterocycles. The number of primary amides is 1. The van der Waals surface area contributed by atoms with Crippen LogP contribution in [0.2, 0.25) is 0 Å². The topological polar surface area (TPSA) is 55.6 Å². The maximum Gasteiger partial charge on any atom is 0.248 e. The number of rotatable bonds is 7. The standard InChI is InChI=1S/C22H22N2O2/c1-26-21-13-11-20(12-14-21)24(15-17-5-3-2-4-6-17)16-18-7-9-19(10-8-18)22(23)25/h2-14H,15-16H2,1H3,(H2,23,25). The van der Waals surface area contributed by atoms with Crippen LogP contribution in [-0.4, -0.2) is 13.0 Å². The molecule has 0 saturated heterocycles. The lowest BCUT2D eigenvalue weighted by Gasteiger charge is -2.25. The normalized spacial score (nSPS) is 10.3. The summed E-state index contributed by atoms with van der Waals surface area (Å²) in [5.41, 5.74) is 9.30. The fourth-order valence-electron chi connectivity index (χ4n) is 2.83. The Morgan fingerprint density at radius 1 is 0.846 bits per heavy atom. The molecular weight excluding hydrogens is 324 g/mol. The van der Waals surface area contributed by atoms with E-state index in [1.807, 2.05) is 42.5 Å². The maximum atomic E-state index is 11.3. The zero-order chi connectivity index (χ0) is 18.4. The van der Waals surface area contributed by atoms with E-state index in [9.17, 15) is 4.79 Å². The van der Waals surface area contributed by atoms with E-state index in [1.54, 1.807) is 19.2 Å². The minimum atomic E-state index is -0.409. The molecular formula is C22H22N2O2. The van der Waals surface area contributed by atoms with Gasteiger partial charge in [0.25, 0.3) is 0 Å². The highest BCUT2D eigenvalue weighted by Crippen LogP contribution is 2.23. The van der Waals surface area contributed by atoms with Gasteiger partial charge < -0.3 is 15.4 Å². The van der Waals surface area contributed by atoms with E-state index in [-0.39, 0.29) is 0 Å². The van der Waals surface area contributed by atoms with Crippen LogP contribution in [0.5, 0.6) is 5.75 Å². The number of amides is 1. The summed E-state index contributed by atoms with van der Waals surface area (Å²) in [6.45, 7) is 1.50. The Hall–Kier alpha value is -3.27. The van der Waals surface area contributed by atoms with Crippen molar-refractivity contribution in [2.75, 3.05) is 12.0 Å². The predicted molar refractivity (Wildman–Crippen MR) is 104 cm³/mol. The highest BCUT2D eigenvalue weighted by Gasteiger charge is 2.10. The molecule has 1 amide bonds. The Labute approximate surface area is 153 Å². The molecule has 0 aromatic heterocycles. The molecule has 4 nitrogen and oxygen atoms in total.